The first kappa shape index (κ1) is 29.8. The molecular formula is C32H27F2N3O8. The first-order chi connectivity index (χ1) is 21.6. The van der Waals surface area contributed by atoms with Gasteiger partial charge in [-0.25, -0.2) is 23.2 Å². The van der Waals surface area contributed by atoms with Gasteiger partial charge in [-0.3, -0.25) is 15.6 Å². The maximum atomic E-state index is 13.4. The molecule has 4 aromatic rings. The van der Waals surface area contributed by atoms with Gasteiger partial charge in [-0.2, -0.15) is 0 Å². The second-order valence-corrected chi connectivity index (χ2v) is 10.9. The summed E-state index contributed by atoms with van der Waals surface area (Å²) >= 11 is 0. The number of aromatic nitrogens is 1. The Hall–Kier alpha value is -5.30. The number of hydrogen-bond acceptors (Lipinski definition) is 9. The van der Waals surface area contributed by atoms with E-state index in [-0.39, 0.29) is 41.3 Å². The number of benzene rings is 2. The van der Waals surface area contributed by atoms with E-state index in [9.17, 15) is 28.3 Å². The van der Waals surface area contributed by atoms with Crippen LogP contribution in [0.2, 0.25) is 0 Å². The number of halogens is 2. The van der Waals surface area contributed by atoms with Gasteiger partial charge in [0.1, 0.15) is 46.5 Å². The Morgan fingerprint density at radius 3 is 2.18 bits per heavy atom. The van der Waals surface area contributed by atoms with Crippen LogP contribution in [-0.2, 0) is 9.47 Å². The number of pyridine rings is 1. The Balaban J connectivity index is 1.30. The molecule has 6 rings (SSSR count). The second-order valence-electron chi connectivity index (χ2n) is 10.9. The Morgan fingerprint density at radius 1 is 0.956 bits per heavy atom. The number of anilines is 2. The number of hydrogen-bond donors (Lipinski definition) is 3. The molecule has 0 radical (unpaired) electrons. The maximum Gasteiger partial charge on any atom is 0.412 e. The highest BCUT2D eigenvalue weighted by Gasteiger charge is 2.58. The molecular weight excluding hydrogens is 592 g/mol. The van der Waals surface area contributed by atoms with Crippen LogP contribution in [0, 0.1) is 17.6 Å². The van der Waals surface area contributed by atoms with Gasteiger partial charge in [-0.05, 0) is 74.0 Å². The Morgan fingerprint density at radius 2 is 1.58 bits per heavy atom. The molecule has 1 aliphatic heterocycles. The predicted molar refractivity (Wildman–Crippen MR) is 156 cm³/mol. The van der Waals surface area contributed by atoms with E-state index in [1.54, 1.807) is 25.3 Å². The zero-order valence-electron chi connectivity index (χ0n) is 23.7. The molecule has 1 aliphatic carbocycles. The molecule has 0 bridgehead atoms. The molecule has 2 aromatic heterocycles. The van der Waals surface area contributed by atoms with Crippen molar-refractivity contribution in [3.05, 3.63) is 107 Å². The van der Waals surface area contributed by atoms with E-state index in [1.165, 1.54) is 60.8 Å². The topological polar surface area (TPSA) is 149 Å². The van der Waals surface area contributed by atoms with Gasteiger partial charge < -0.3 is 23.7 Å². The van der Waals surface area contributed by atoms with Gasteiger partial charge in [0.2, 0.25) is 0 Å². The van der Waals surface area contributed by atoms with E-state index in [1.807, 2.05) is 0 Å². The van der Waals surface area contributed by atoms with Crippen molar-refractivity contribution in [3.8, 4) is 17.1 Å². The quantitative estimate of drug-likeness (QED) is 0.252. The van der Waals surface area contributed by atoms with E-state index >= 15 is 0 Å². The molecule has 13 heteroatoms. The van der Waals surface area contributed by atoms with Gasteiger partial charge in [0.05, 0.1) is 6.10 Å². The van der Waals surface area contributed by atoms with E-state index < -0.39 is 59.3 Å². The maximum absolute atomic E-state index is 13.4. The van der Waals surface area contributed by atoms with E-state index in [0.29, 0.717) is 5.56 Å². The second kappa shape index (κ2) is 12.0. The largest absolute Gasteiger partial charge is 0.482 e. The zero-order chi connectivity index (χ0) is 31.7. The predicted octanol–water partition coefficient (Wildman–Crippen LogP) is 5.81. The summed E-state index contributed by atoms with van der Waals surface area (Å²) in [4.78, 5) is 43.0. The fourth-order valence-corrected chi connectivity index (χ4v) is 5.73. The van der Waals surface area contributed by atoms with E-state index in [4.69, 9.17) is 18.6 Å². The van der Waals surface area contributed by atoms with Crippen LogP contribution in [0.1, 0.15) is 31.4 Å². The monoisotopic (exact) mass is 619 g/mol. The van der Waals surface area contributed by atoms with Crippen molar-refractivity contribution < 1.29 is 42.1 Å². The third kappa shape index (κ3) is 6.20. The number of carbonyl (C=O) groups excluding carboxylic acids is 2. The Labute approximate surface area is 254 Å². The van der Waals surface area contributed by atoms with Crippen molar-refractivity contribution in [2.24, 2.45) is 5.92 Å². The summed E-state index contributed by atoms with van der Waals surface area (Å²) in [6.07, 6.45) is -2.20. The summed E-state index contributed by atoms with van der Waals surface area (Å²) in [5, 5.41) is 16.6. The van der Waals surface area contributed by atoms with Crippen LogP contribution in [0.4, 0.5) is 29.7 Å². The summed E-state index contributed by atoms with van der Waals surface area (Å²) in [6, 6.07) is 14.9. The minimum Gasteiger partial charge on any atom is -0.482 e. The van der Waals surface area contributed by atoms with Crippen LogP contribution < -0.4 is 21.0 Å². The molecule has 1 saturated carbocycles. The molecule has 2 aromatic carbocycles. The number of carbonyl (C=O) groups is 2. The highest BCUT2D eigenvalue weighted by atomic mass is 19.1. The number of amides is 2. The lowest BCUT2D eigenvalue weighted by Gasteiger charge is -2.52. The Kier molecular flexibility index (Phi) is 7.94. The van der Waals surface area contributed by atoms with Gasteiger partial charge in [0.15, 0.2) is 0 Å². The highest BCUT2D eigenvalue weighted by Crippen LogP contribution is 2.51. The van der Waals surface area contributed by atoms with Crippen LogP contribution in [0.25, 0.3) is 11.3 Å². The summed E-state index contributed by atoms with van der Waals surface area (Å²) in [7, 11) is 0. The number of nitrogens with zero attached hydrogens (tertiary/aromatic N) is 1. The smallest absolute Gasteiger partial charge is 0.412 e. The zero-order valence-corrected chi connectivity index (χ0v) is 23.7. The molecule has 3 N–H and O–H groups in total. The summed E-state index contributed by atoms with van der Waals surface area (Å²) in [5.74, 6) is -1.69. The lowest BCUT2D eigenvalue weighted by atomic mass is 9.68. The van der Waals surface area contributed by atoms with Crippen molar-refractivity contribution in [1.29, 1.82) is 0 Å². The van der Waals surface area contributed by atoms with Gasteiger partial charge in [0, 0.05) is 47.7 Å². The first-order valence-electron chi connectivity index (χ1n) is 14.0. The SMILES string of the molecule is C[C@@]12Oc3cc(-c4cccnc4)oc(=O)c3C(O)C1C[C@@H](OC(=O)Nc1ccc(F)cc1)C[C@H]2OC(=O)Nc1ccc(F)cc1. The van der Waals surface area contributed by atoms with Gasteiger partial charge in [0.25, 0.3) is 0 Å². The molecule has 2 unspecified atom stereocenters. The third-order valence-corrected chi connectivity index (χ3v) is 7.98. The number of aliphatic hydroxyl groups is 1. The number of rotatable bonds is 5. The van der Waals surface area contributed by atoms with Gasteiger partial charge >= 0.3 is 17.8 Å². The van der Waals surface area contributed by atoms with Crippen LogP contribution >= 0.6 is 0 Å². The van der Waals surface area contributed by atoms with Gasteiger partial charge in [-0.15, -0.1) is 0 Å². The fraction of sp³-hybridized carbons (Fsp3) is 0.250. The molecule has 2 aliphatic rings. The van der Waals surface area contributed by atoms with E-state index in [2.05, 4.69) is 15.6 Å². The molecule has 45 heavy (non-hydrogen) atoms. The molecule has 0 spiro atoms. The summed E-state index contributed by atoms with van der Waals surface area (Å²) in [5.41, 5.74) is -1.32. The first-order valence-corrected chi connectivity index (χ1v) is 14.0. The Bertz CT molecular complexity index is 1770. The van der Waals surface area contributed by atoms with Crippen molar-refractivity contribution in [2.75, 3.05) is 10.6 Å². The number of nitrogens with one attached hydrogen (secondary N) is 2. The molecule has 0 saturated heterocycles. The summed E-state index contributed by atoms with van der Waals surface area (Å²) in [6.45, 7) is 1.63. The van der Waals surface area contributed by atoms with Crippen LogP contribution in [0.15, 0.2) is 88.3 Å². The van der Waals surface area contributed by atoms with Crippen LogP contribution in [-0.4, -0.2) is 40.1 Å². The lowest BCUT2D eigenvalue weighted by Crippen LogP contribution is -2.62. The average Bonchev–Trinajstić information content (AvgIpc) is 3.00. The lowest BCUT2D eigenvalue weighted by molar-refractivity contribution is -0.173. The highest BCUT2D eigenvalue weighted by molar-refractivity contribution is 5.85. The minimum absolute atomic E-state index is 0.0250. The van der Waals surface area contributed by atoms with Crippen LogP contribution in [0.3, 0.4) is 0 Å². The average molecular weight is 620 g/mol. The fourth-order valence-electron chi connectivity index (χ4n) is 5.73. The molecule has 3 heterocycles. The molecule has 2 amide bonds. The molecule has 232 valence electrons. The van der Waals surface area contributed by atoms with Crippen molar-refractivity contribution in [3.63, 3.8) is 0 Å². The molecule has 5 atom stereocenters. The minimum atomic E-state index is -1.45. The third-order valence-electron chi connectivity index (χ3n) is 7.98. The van der Waals surface area contributed by atoms with E-state index in [0.717, 1.165) is 0 Å². The van der Waals surface area contributed by atoms with Crippen molar-refractivity contribution >= 4 is 23.6 Å². The normalized spacial score (nSPS) is 23.5. The van der Waals surface area contributed by atoms with Crippen LogP contribution in [0.5, 0.6) is 5.75 Å². The summed E-state index contributed by atoms with van der Waals surface area (Å²) < 4.78 is 50.0. The number of ether oxygens (including phenoxy) is 3. The number of aliphatic hydroxyl groups excluding tert-OH is 1. The van der Waals surface area contributed by atoms with Gasteiger partial charge in [-0.1, -0.05) is 0 Å². The van der Waals surface area contributed by atoms with Crippen molar-refractivity contribution in [2.45, 2.75) is 43.7 Å². The number of fused-ring (bicyclic) bond motifs is 2. The molecule has 1 fully saturated rings. The van der Waals surface area contributed by atoms with Crippen molar-refractivity contribution in [1.82, 2.24) is 4.98 Å². The standard InChI is InChI=1S/C32H27F2N3O8/c1-32-23(28(38)27-25(45-32)15-24(43-29(27)39)17-3-2-12-35-16-17)13-22(42-30(40)36-20-8-4-18(33)5-9-20)14-26(32)44-31(41)37-21-10-6-19(34)7-11-21/h2-12,15-16,22-23,26,28,38H,13-14H2,1H3,(H,36,40)(H,37,41)/t22-,23?,26-,28?,32-/m1/s1. The molecule has 11 nitrogen and oxygen atoms in total.